The van der Waals surface area contributed by atoms with Gasteiger partial charge < -0.3 is 18.9 Å². The molecule has 146 valence electrons. The summed E-state index contributed by atoms with van der Waals surface area (Å²) in [5.74, 6) is 0. The van der Waals surface area contributed by atoms with Crippen LogP contribution in [-0.2, 0) is 18.9 Å². The highest BCUT2D eigenvalue weighted by Crippen LogP contribution is 2.23. The Morgan fingerprint density at radius 1 is 1.28 bits per heavy atom. The SMILES string of the molecule is COC(=O)N1CCC(OC(C)(C)C)C=C1COCOCC[Si](C)(C)C. The van der Waals surface area contributed by atoms with Crippen LogP contribution >= 0.6 is 0 Å². The number of hydrogen-bond acceptors (Lipinski definition) is 5. The summed E-state index contributed by atoms with van der Waals surface area (Å²) in [5.41, 5.74) is 0.529. The molecule has 0 aliphatic carbocycles. The minimum atomic E-state index is -1.09. The molecule has 1 aliphatic heterocycles. The van der Waals surface area contributed by atoms with Crippen LogP contribution in [0.2, 0.25) is 25.7 Å². The lowest BCUT2D eigenvalue weighted by atomic mass is 10.1. The minimum absolute atomic E-state index is 0.0349. The van der Waals surface area contributed by atoms with Crippen molar-refractivity contribution in [3.8, 4) is 0 Å². The van der Waals surface area contributed by atoms with Gasteiger partial charge in [-0.25, -0.2) is 4.79 Å². The van der Waals surface area contributed by atoms with E-state index in [2.05, 4.69) is 19.6 Å². The zero-order chi connectivity index (χ0) is 19.1. The molecule has 0 aromatic rings. The highest BCUT2D eigenvalue weighted by molar-refractivity contribution is 6.76. The van der Waals surface area contributed by atoms with Crippen molar-refractivity contribution in [2.24, 2.45) is 0 Å². The van der Waals surface area contributed by atoms with Gasteiger partial charge in [-0.15, -0.1) is 0 Å². The van der Waals surface area contributed by atoms with Gasteiger partial charge in [0.2, 0.25) is 0 Å². The van der Waals surface area contributed by atoms with Gasteiger partial charge in [0, 0.05) is 26.9 Å². The van der Waals surface area contributed by atoms with Crippen LogP contribution in [0.15, 0.2) is 11.8 Å². The molecular formula is C18H35NO5Si. The standard InChI is InChI=1S/C18H35NO5Si/c1-18(2,3)24-16-8-9-19(17(20)21-4)15(12-16)13-23-14-22-10-11-25(5,6)7/h12,16H,8-11,13-14H2,1-7H3. The third-order valence-electron chi connectivity index (χ3n) is 3.68. The number of ether oxygens (including phenoxy) is 4. The highest BCUT2D eigenvalue weighted by Gasteiger charge is 2.28. The fourth-order valence-electron chi connectivity index (χ4n) is 2.42. The second kappa shape index (κ2) is 9.71. The third-order valence-corrected chi connectivity index (χ3v) is 5.38. The molecule has 0 saturated carbocycles. The first-order valence-electron chi connectivity index (χ1n) is 8.91. The molecule has 0 bridgehead atoms. The van der Waals surface area contributed by atoms with E-state index in [-0.39, 0.29) is 24.6 Å². The maximum atomic E-state index is 12.0. The average Bonchev–Trinajstić information content (AvgIpc) is 2.47. The molecule has 0 aromatic carbocycles. The zero-order valence-electron chi connectivity index (χ0n) is 16.9. The van der Waals surface area contributed by atoms with E-state index >= 15 is 0 Å². The molecule has 0 fully saturated rings. The van der Waals surface area contributed by atoms with Crippen molar-refractivity contribution < 1.29 is 23.7 Å². The third kappa shape index (κ3) is 9.39. The number of nitrogens with zero attached hydrogens (tertiary/aromatic N) is 1. The maximum Gasteiger partial charge on any atom is 0.413 e. The van der Waals surface area contributed by atoms with E-state index in [1.165, 1.54) is 7.11 Å². The number of carbonyl (C=O) groups excluding carboxylic acids is 1. The second-order valence-corrected chi connectivity index (χ2v) is 14.1. The van der Waals surface area contributed by atoms with Gasteiger partial charge in [0.05, 0.1) is 25.4 Å². The molecule has 1 amide bonds. The molecule has 1 heterocycles. The number of methoxy groups -OCH3 is 1. The number of hydrogen-bond donors (Lipinski definition) is 0. The van der Waals surface area contributed by atoms with Gasteiger partial charge in [0.25, 0.3) is 0 Å². The highest BCUT2D eigenvalue weighted by atomic mass is 28.3. The van der Waals surface area contributed by atoms with Crippen LogP contribution in [-0.4, -0.2) is 64.4 Å². The van der Waals surface area contributed by atoms with E-state index in [4.69, 9.17) is 18.9 Å². The van der Waals surface area contributed by atoms with Crippen LogP contribution in [0.3, 0.4) is 0 Å². The van der Waals surface area contributed by atoms with Crippen molar-refractivity contribution in [1.29, 1.82) is 0 Å². The van der Waals surface area contributed by atoms with Crippen molar-refractivity contribution in [2.75, 3.05) is 33.7 Å². The van der Waals surface area contributed by atoms with E-state index in [1.807, 2.05) is 26.8 Å². The average molecular weight is 374 g/mol. The summed E-state index contributed by atoms with van der Waals surface area (Å²) in [6.45, 7) is 14.8. The lowest BCUT2D eigenvalue weighted by Gasteiger charge is -2.34. The molecule has 1 rings (SSSR count). The number of carbonyl (C=O) groups is 1. The van der Waals surface area contributed by atoms with E-state index in [9.17, 15) is 4.79 Å². The zero-order valence-corrected chi connectivity index (χ0v) is 17.9. The Morgan fingerprint density at radius 2 is 1.96 bits per heavy atom. The Morgan fingerprint density at radius 3 is 2.52 bits per heavy atom. The van der Waals surface area contributed by atoms with Gasteiger partial charge in [-0.1, -0.05) is 19.6 Å². The predicted molar refractivity (Wildman–Crippen MR) is 101 cm³/mol. The Kier molecular flexibility index (Phi) is 8.60. The number of amides is 1. The molecule has 1 atom stereocenters. The van der Waals surface area contributed by atoms with E-state index in [0.29, 0.717) is 19.8 Å². The van der Waals surface area contributed by atoms with Gasteiger partial charge in [0.1, 0.15) is 6.79 Å². The van der Waals surface area contributed by atoms with Gasteiger partial charge in [-0.2, -0.15) is 0 Å². The molecule has 0 aromatic heterocycles. The fourth-order valence-corrected chi connectivity index (χ4v) is 3.18. The van der Waals surface area contributed by atoms with Crippen LogP contribution in [0.4, 0.5) is 4.79 Å². The quantitative estimate of drug-likeness (QED) is 0.367. The molecule has 6 nitrogen and oxygen atoms in total. The van der Waals surface area contributed by atoms with Crippen LogP contribution in [0, 0.1) is 0 Å². The molecule has 0 N–H and O–H groups in total. The fraction of sp³-hybridized carbons (Fsp3) is 0.833. The second-order valence-electron chi connectivity index (χ2n) is 8.52. The van der Waals surface area contributed by atoms with Crippen LogP contribution in [0.25, 0.3) is 0 Å². The predicted octanol–water partition coefficient (Wildman–Crippen LogP) is 3.86. The van der Waals surface area contributed by atoms with Gasteiger partial charge in [-0.3, -0.25) is 4.90 Å². The van der Waals surface area contributed by atoms with Gasteiger partial charge in [-0.05, 0) is 39.3 Å². The lowest BCUT2D eigenvalue weighted by molar-refractivity contribution is -0.0584. The van der Waals surface area contributed by atoms with Gasteiger partial charge >= 0.3 is 6.09 Å². The first-order valence-corrected chi connectivity index (χ1v) is 12.6. The largest absolute Gasteiger partial charge is 0.452 e. The van der Waals surface area contributed by atoms with Crippen LogP contribution < -0.4 is 0 Å². The maximum absolute atomic E-state index is 12.0. The van der Waals surface area contributed by atoms with Crippen molar-refractivity contribution >= 4 is 14.2 Å². The molecular weight excluding hydrogens is 338 g/mol. The summed E-state index contributed by atoms with van der Waals surface area (Å²) in [6.07, 6.45) is 2.28. The van der Waals surface area contributed by atoms with E-state index in [0.717, 1.165) is 18.2 Å². The van der Waals surface area contributed by atoms with Gasteiger partial charge in [0.15, 0.2) is 0 Å². The summed E-state index contributed by atoms with van der Waals surface area (Å²) in [5, 5.41) is 0. The number of rotatable bonds is 8. The Bertz CT molecular complexity index is 453. The molecule has 7 heteroatoms. The first-order chi connectivity index (χ1) is 11.5. The van der Waals surface area contributed by atoms with Crippen LogP contribution in [0.1, 0.15) is 27.2 Å². The molecule has 0 radical (unpaired) electrons. The summed E-state index contributed by atoms with van der Waals surface area (Å²) in [4.78, 5) is 13.6. The van der Waals surface area contributed by atoms with Crippen molar-refractivity contribution in [3.05, 3.63) is 11.8 Å². The van der Waals surface area contributed by atoms with Crippen molar-refractivity contribution in [3.63, 3.8) is 0 Å². The summed E-state index contributed by atoms with van der Waals surface area (Å²) >= 11 is 0. The van der Waals surface area contributed by atoms with Crippen molar-refractivity contribution in [2.45, 2.75) is 64.6 Å². The van der Waals surface area contributed by atoms with Crippen LogP contribution in [0.5, 0.6) is 0 Å². The Hall–Kier alpha value is -0.893. The molecule has 25 heavy (non-hydrogen) atoms. The summed E-state index contributed by atoms with van der Waals surface area (Å²) in [6, 6.07) is 1.11. The topological polar surface area (TPSA) is 57.2 Å². The Labute approximate surface area is 153 Å². The lowest BCUT2D eigenvalue weighted by Crippen LogP contribution is -2.40. The molecule has 1 aliphatic rings. The van der Waals surface area contributed by atoms with E-state index in [1.54, 1.807) is 4.90 Å². The first kappa shape index (κ1) is 22.1. The minimum Gasteiger partial charge on any atom is -0.452 e. The summed E-state index contributed by atoms with van der Waals surface area (Å²) in [7, 11) is 0.297. The Balaban J connectivity index is 2.54. The smallest absolute Gasteiger partial charge is 0.413 e. The molecule has 0 saturated heterocycles. The summed E-state index contributed by atoms with van der Waals surface area (Å²) < 4.78 is 22.0. The molecule has 0 spiro atoms. The van der Waals surface area contributed by atoms with Crippen molar-refractivity contribution in [1.82, 2.24) is 4.90 Å². The monoisotopic (exact) mass is 373 g/mol. The van der Waals surface area contributed by atoms with E-state index < -0.39 is 8.07 Å². The normalized spacial score (nSPS) is 18.9. The molecule has 1 unspecified atom stereocenters.